The van der Waals surface area contributed by atoms with Gasteiger partial charge < -0.3 is 4.74 Å². The topological polar surface area (TPSA) is 54.8 Å². The minimum absolute atomic E-state index is 0.270. The maximum atomic E-state index is 13.0. The summed E-state index contributed by atoms with van der Waals surface area (Å²) in [6, 6.07) is 17.3. The number of ether oxygens (including phenoxy) is 1. The van der Waals surface area contributed by atoms with Gasteiger partial charge in [0.25, 0.3) is 5.91 Å². The van der Waals surface area contributed by atoms with Gasteiger partial charge in [-0.2, -0.15) is 10.1 Å². The van der Waals surface area contributed by atoms with E-state index >= 15 is 0 Å². The van der Waals surface area contributed by atoms with E-state index in [4.69, 9.17) is 4.74 Å². The summed E-state index contributed by atoms with van der Waals surface area (Å²) in [5.41, 5.74) is 1.67. The zero-order valence-corrected chi connectivity index (χ0v) is 19.8. The first kappa shape index (κ1) is 21.4. The summed E-state index contributed by atoms with van der Waals surface area (Å²) in [5.74, 6) is 0.525. The number of thiophene rings is 1. The maximum absolute atomic E-state index is 13.0. The van der Waals surface area contributed by atoms with Gasteiger partial charge >= 0.3 is 0 Å². The molecule has 0 radical (unpaired) electrons. The molecule has 0 fully saturated rings. The van der Waals surface area contributed by atoms with Crippen LogP contribution in [-0.4, -0.2) is 23.7 Å². The second-order valence-corrected chi connectivity index (χ2v) is 9.26. The molecule has 156 valence electrons. The minimum Gasteiger partial charge on any atom is -0.494 e. The predicted octanol–water partition coefficient (Wildman–Crippen LogP) is 6.60. The van der Waals surface area contributed by atoms with Gasteiger partial charge in [-0.25, -0.2) is 4.98 Å². The van der Waals surface area contributed by atoms with E-state index in [9.17, 15) is 4.79 Å². The van der Waals surface area contributed by atoms with E-state index in [1.165, 1.54) is 22.4 Å². The number of hydrogen-bond donors (Lipinski definition) is 0. The smallest absolute Gasteiger partial charge is 0.273 e. The highest BCUT2D eigenvalue weighted by atomic mass is 79.9. The predicted molar refractivity (Wildman–Crippen MR) is 133 cm³/mol. The van der Waals surface area contributed by atoms with Gasteiger partial charge in [-0.3, -0.25) is 4.79 Å². The average molecular weight is 512 g/mol. The van der Waals surface area contributed by atoms with E-state index in [0.717, 1.165) is 30.9 Å². The summed E-state index contributed by atoms with van der Waals surface area (Å²) in [6.45, 7) is 2.55. The Morgan fingerprint density at radius 3 is 2.81 bits per heavy atom. The van der Waals surface area contributed by atoms with Crippen molar-refractivity contribution in [2.24, 2.45) is 5.10 Å². The van der Waals surface area contributed by atoms with Crippen molar-refractivity contribution in [2.45, 2.75) is 6.92 Å². The fourth-order valence-corrected chi connectivity index (χ4v) is 4.83. The number of hydrogen-bond acceptors (Lipinski definition) is 6. The van der Waals surface area contributed by atoms with Crippen LogP contribution in [0.15, 0.2) is 75.6 Å². The molecule has 0 atom stereocenters. The largest absolute Gasteiger partial charge is 0.494 e. The summed E-state index contributed by atoms with van der Waals surface area (Å²) in [4.78, 5) is 18.6. The van der Waals surface area contributed by atoms with Crippen molar-refractivity contribution >= 4 is 72.1 Å². The van der Waals surface area contributed by atoms with Gasteiger partial charge in [0.2, 0.25) is 5.13 Å². The number of carbonyl (C=O) groups excluding carboxylic acids is 1. The third-order valence-corrected chi connectivity index (χ3v) is 6.50. The highest BCUT2D eigenvalue weighted by Gasteiger charge is 2.17. The molecule has 0 saturated heterocycles. The van der Waals surface area contributed by atoms with Gasteiger partial charge in [-0.1, -0.05) is 33.3 Å². The molecule has 0 N–H and O–H groups in total. The number of carbonyl (C=O) groups is 1. The van der Waals surface area contributed by atoms with Crippen molar-refractivity contribution in [2.75, 3.05) is 11.6 Å². The normalized spacial score (nSPS) is 11.5. The quantitative estimate of drug-likeness (QED) is 0.159. The molecule has 0 aliphatic rings. The molecular formula is C23H18BrN3O2S2. The molecule has 2 aromatic carbocycles. The number of benzene rings is 2. The molecule has 0 aliphatic heterocycles. The zero-order valence-electron chi connectivity index (χ0n) is 16.6. The van der Waals surface area contributed by atoms with E-state index in [1.807, 2.05) is 66.9 Å². The van der Waals surface area contributed by atoms with Gasteiger partial charge in [0.15, 0.2) is 0 Å². The number of aromatic nitrogens is 1. The highest BCUT2D eigenvalue weighted by molar-refractivity contribution is 9.10. The molecule has 4 rings (SSSR count). The summed E-state index contributed by atoms with van der Waals surface area (Å²) in [6.07, 6.45) is 4.95. The average Bonchev–Trinajstić information content (AvgIpc) is 3.43. The Kier molecular flexibility index (Phi) is 6.91. The molecule has 8 heteroatoms. The molecule has 2 heterocycles. The van der Waals surface area contributed by atoms with Crippen LogP contribution in [0.3, 0.4) is 0 Å². The molecule has 0 bridgehead atoms. The number of fused-ring (bicyclic) bond motifs is 1. The van der Waals surface area contributed by atoms with Gasteiger partial charge in [0.1, 0.15) is 5.75 Å². The molecule has 0 unspecified atom stereocenters. The minimum atomic E-state index is -0.270. The zero-order chi connectivity index (χ0) is 21.6. The van der Waals surface area contributed by atoms with Crippen molar-refractivity contribution in [3.63, 3.8) is 0 Å². The van der Waals surface area contributed by atoms with Crippen LogP contribution in [0.1, 0.15) is 17.4 Å². The van der Waals surface area contributed by atoms with Gasteiger partial charge in [-0.15, -0.1) is 11.3 Å². The fraction of sp³-hybridized carbons (Fsp3) is 0.0870. The van der Waals surface area contributed by atoms with Crippen molar-refractivity contribution in [3.05, 3.63) is 81.0 Å². The second kappa shape index (κ2) is 10.00. The molecule has 2 aromatic heterocycles. The van der Waals surface area contributed by atoms with Crippen LogP contribution in [0, 0.1) is 0 Å². The van der Waals surface area contributed by atoms with Crippen LogP contribution < -0.4 is 9.75 Å². The number of nitrogens with zero attached hydrogens (tertiary/aromatic N) is 3. The van der Waals surface area contributed by atoms with E-state index in [-0.39, 0.29) is 5.91 Å². The molecule has 31 heavy (non-hydrogen) atoms. The highest BCUT2D eigenvalue weighted by Crippen LogP contribution is 2.31. The van der Waals surface area contributed by atoms with Crippen LogP contribution in [0.4, 0.5) is 5.13 Å². The molecule has 0 spiro atoms. The molecule has 4 aromatic rings. The summed E-state index contributed by atoms with van der Waals surface area (Å²) in [7, 11) is 0. The van der Waals surface area contributed by atoms with E-state index in [1.54, 1.807) is 23.6 Å². The van der Waals surface area contributed by atoms with Crippen molar-refractivity contribution in [3.8, 4) is 5.75 Å². The first-order valence-electron chi connectivity index (χ1n) is 9.51. The lowest BCUT2D eigenvalue weighted by atomic mass is 10.2. The van der Waals surface area contributed by atoms with Crippen LogP contribution >= 0.6 is 38.6 Å². The Morgan fingerprint density at radius 2 is 2.06 bits per heavy atom. The SMILES string of the molecule is CCOc1ccc(/C=N/N(C(=O)/C=C/c2cccs2)c2nc3ccc(Br)cc3s2)cc1. The van der Waals surface area contributed by atoms with Gasteiger partial charge in [0.05, 0.1) is 23.0 Å². The lowest BCUT2D eigenvalue weighted by Gasteiger charge is -2.11. The molecular weight excluding hydrogens is 494 g/mol. The Labute approximate surface area is 196 Å². The number of rotatable bonds is 7. The number of hydrazone groups is 1. The maximum Gasteiger partial charge on any atom is 0.273 e. The third kappa shape index (κ3) is 5.46. The summed E-state index contributed by atoms with van der Waals surface area (Å²) >= 11 is 6.46. The molecule has 5 nitrogen and oxygen atoms in total. The van der Waals surface area contributed by atoms with Crippen LogP contribution in [0.2, 0.25) is 0 Å². The van der Waals surface area contributed by atoms with E-state index < -0.39 is 0 Å². The lowest BCUT2D eigenvalue weighted by molar-refractivity contribution is -0.114. The summed E-state index contributed by atoms with van der Waals surface area (Å²) < 4.78 is 7.41. The van der Waals surface area contributed by atoms with Gasteiger partial charge in [0, 0.05) is 15.4 Å². The Bertz CT molecular complexity index is 1230. The monoisotopic (exact) mass is 511 g/mol. The van der Waals surface area contributed by atoms with Crippen LogP contribution in [0.25, 0.3) is 16.3 Å². The summed E-state index contributed by atoms with van der Waals surface area (Å²) in [5, 5.41) is 8.28. The molecule has 1 amide bonds. The van der Waals surface area contributed by atoms with Crippen molar-refractivity contribution < 1.29 is 9.53 Å². The number of amides is 1. The first-order chi connectivity index (χ1) is 15.1. The van der Waals surface area contributed by atoms with Crippen LogP contribution in [-0.2, 0) is 4.79 Å². The number of halogens is 1. The van der Waals surface area contributed by atoms with Gasteiger partial charge in [-0.05, 0) is 72.5 Å². The molecule has 0 aliphatic carbocycles. The number of anilines is 1. The number of thiazole rings is 1. The van der Waals surface area contributed by atoms with Crippen LogP contribution in [0.5, 0.6) is 5.75 Å². The standard InChI is InChI=1S/C23H18BrN3O2S2/c1-2-29-18-8-5-16(6-9-18)15-25-27(22(28)12-10-19-4-3-13-30-19)23-26-20-11-7-17(24)14-21(20)31-23/h3-15H,2H2,1H3/b12-10+,25-15+. The van der Waals surface area contributed by atoms with E-state index in [2.05, 4.69) is 26.0 Å². The fourth-order valence-electron chi connectivity index (χ4n) is 2.73. The van der Waals surface area contributed by atoms with Crippen molar-refractivity contribution in [1.82, 2.24) is 4.98 Å². The molecule has 0 saturated carbocycles. The Morgan fingerprint density at radius 1 is 1.23 bits per heavy atom. The van der Waals surface area contributed by atoms with E-state index in [0.29, 0.717) is 11.7 Å². The lowest BCUT2D eigenvalue weighted by Crippen LogP contribution is -2.23. The van der Waals surface area contributed by atoms with Crippen molar-refractivity contribution in [1.29, 1.82) is 0 Å². The second-order valence-electron chi connectivity index (χ2n) is 6.35. The Balaban J connectivity index is 1.64. The Hall–Kier alpha value is -2.81. The third-order valence-electron chi connectivity index (χ3n) is 4.18. The first-order valence-corrected chi connectivity index (χ1v) is 12.0.